The largest absolute Gasteiger partial charge is 0.479 e. The average Bonchev–Trinajstić information content (AvgIpc) is 2.76. The van der Waals surface area contributed by atoms with Crippen LogP contribution in [-0.4, -0.2) is 39.3 Å². The van der Waals surface area contributed by atoms with Gasteiger partial charge in [0.2, 0.25) is 0 Å². The number of carbonyl (C=O) groups is 2. The number of hydrogen-bond donors (Lipinski definition) is 3. The van der Waals surface area contributed by atoms with E-state index in [4.69, 9.17) is 10.2 Å². The van der Waals surface area contributed by atoms with Crippen molar-refractivity contribution in [1.29, 1.82) is 0 Å². The molecule has 6 heteroatoms. The van der Waals surface area contributed by atoms with E-state index in [1.54, 1.807) is 6.20 Å². The van der Waals surface area contributed by atoms with Gasteiger partial charge in [-0.05, 0) is 6.07 Å². The summed E-state index contributed by atoms with van der Waals surface area (Å²) >= 11 is 0. The Hall–Kier alpha value is -2.34. The van der Waals surface area contributed by atoms with Crippen LogP contribution in [0.4, 0.5) is 0 Å². The number of nitrogens with zero attached hydrogens (tertiary/aromatic N) is 1. The number of para-hydroxylation sites is 1. The maximum atomic E-state index is 12.1. The van der Waals surface area contributed by atoms with Gasteiger partial charge in [-0.1, -0.05) is 18.2 Å². The van der Waals surface area contributed by atoms with E-state index in [0.29, 0.717) is 5.56 Å². The molecule has 0 bridgehead atoms. The first-order valence-electron chi connectivity index (χ1n) is 6.24. The highest BCUT2D eigenvalue weighted by atomic mass is 16.4. The number of benzene rings is 1. The molecule has 0 spiro atoms. The molecule has 1 heterocycles. The normalized spacial score (nSPS) is 12.3. The van der Waals surface area contributed by atoms with Gasteiger partial charge in [0.25, 0.3) is 5.91 Å². The molecule has 6 nitrogen and oxygen atoms in total. The number of aromatic nitrogens is 1. The lowest BCUT2D eigenvalue weighted by Gasteiger charge is -2.06. The average molecular weight is 276 g/mol. The van der Waals surface area contributed by atoms with Crippen molar-refractivity contribution in [1.82, 2.24) is 9.88 Å². The van der Waals surface area contributed by atoms with Gasteiger partial charge in [-0.2, -0.15) is 0 Å². The number of aliphatic carboxylic acids is 1. The molecule has 0 fully saturated rings. The van der Waals surface area contributed by atoms with Crippen LogP contribution < -0.4 is 5.32 Å². The van der Waals surface area contributed by atoms with Crippen LogP contribution in [0.3, 0.4) is 0 Å². The quantitative estimate of drug-likeness (QED) is 0.751. The highest BCUT2D eigenvalue weighted by Gasteiger charge is 2.15. The predicted octanol–water partition coefficient (Wildman–Crippen LogP) is 0.744. The summed E-state index contributed by atoms with van der Waals surface area (Å²) in [5.74, 6) is -1.57. The summed E-state index contributed by atoms with van der Waals surface area (Å²) in [6.07, 6.45) is 0.252. The number of aliphatic hydroxyl groups excluding tert-OH is 1. The first-order chi connectivity index (χ1) is 9.50. The van der Waals surface area contributed by atoms with Gasteiger partial charge in [0.1, 0.15) is 0 Å². The molecule has 2 rings (SSSR count). The van der Waals surface area contributed by atoms with Crippen LogP contribution in [0.25, 0.3) is 10.9 Å². The zero-order valence-electron chi connectivity index (χ0n) is 11.0. The third-order valence-corrected chi connectivity index (χ3v) is 3.13. The molecule has 0 aliphatic rings. The van der Waals surface area contributed by atoms with E-state index in [0.717, 1.165) is 10.9 Å². The molecule has 0 aliphatic carbocycles. The molecule has 106 valence electrons. The fraction of sp³-hybridized carbons (Fsp3) is 0.286. The molecule has 1 aromatic heterocycles. The molecular formula is C14H16N2O4. The smallest absolute Gasteiger partial charge is 0.332 e. The molecule has 20 heavy (non-hydrogen) atoms. The fourth-order valence-corrected chi connectivity index (χ4v) is 2.06. The van der Waals surface area contributed by atoms with Crippen LogP contribution in [0.1, 0.15) is 16.8 Å². The van der Waals surface area contributed by atoms with E-state index in [9.17, 15) is 9.59 Å². The molecule has 1 unspecified atom stereocenters. The Morgan fingerprint density at radius 3 is 2.75 bits per heavy atom. The fourth-order valence-electron chi connectivity index (χ4n) is 2.06. The number of aliphatic hydroxyl groups is 1. The summed E-state index contributed by atoms with van der Waals surface area (Å²) in [4.78, 5) is 22.5. The molecule has 0 saturated carbocycles. The van der Waals surface area contributed by atoms with Crippen LogP contribution in [0.5, 0.6) is 0 Å². The van der Waals surface area contributed by atoms with Gasteiger partial charge in [-0.15, -0.1) is 0 Å². The number of amides is 1. The Bertz CT molecular complexity index is 648. The number of fused-ring (bicyclic) bond motifs is 1. The standard InChI is InChI=1S/C14H16N2O4/c1-16-8-10(9-4-2-3-5-11(9)16)13(18)15-7-6-12(17)14(19)20/h2-5,8,12,17H,6-7H2,1H3,(H,15,18)(H,19,20). The summed E-state index contributed by atoms with van der Waals surface area (Å²) in [6, 6.07) is 7.52. The molecule has 1 aromatic carbocycles. The van der Waals surface area contributed by atoms with E-state index in [-0.39, 0.29) is 18.9 Å². The van der Waals surface area contributed by atoms with Crippen LogP contribution in [0, 0.1) is 0 Å². The summed E-state index contributed by atoms with van der Waals surface area (Å²) in [7, 11) is 1.85. The lowest BCUT2D eigenvalue weighted by Crippen LogP contribution is -2.29. The van der Waals surface area contributed by atoms with Gasteiger partial charge in [-0.25, -0.2) is 4.79 Å². The second kappa shape index (κ2) is 5.75. The highest BCUT2D eigenvalue weighted by Crippen LogP contribution is 2.19. The van der Waals surface area contributed by atoms with Gasteiger partial charge in [0, 0.05) is 37.1 Å². The maximum Gasteiger partial charge on any atom is 0.332 e. The third-order valence-electron chi connectivity index (χ3n) is 3.13. The van der Waals surface area contributed by atoms with Gasteiger partial charge in [0.05, 0.1) is 5.56 Å². The van der Waals surface area contributed by atoms with Gasteiger partial charge in [0.15, 0.2) is 6.10 Å². The third kappa shape index (κ3) is 2.80. The molecule has 0 radical (unpaired) electrons. The Morgan fingerprint density at radius 1 is 1.35 bits per heavy atom. The van der Waals surface area contributed by atoms with E-state index >= 15 is 0 Å². The van der Waals surface area contributed by atoms with Crippen molar-refractivity contribution in [3.05, 3.63) is 36.0 Å². The van der Waals surface area contributed by atoms with Crippen LogP contribution in [0.2, 0.25) is 0 Å². The van der Waals surface area contributed by atoms with Crippen molar-refractivity contribution in [3.8, 4) is 0 Å². The van der Waals surface area contributed by atoms with Gasteiger partial charge >= 0.3 is 5.97 Å². The Morgan fingerprint density at radius 2 is 2.05 bits per heavy atom. The highest BCUT2D eigenvalue weighted by molar-refractivity contribution is 6.06. The van der Waals surface area contributed by atoms with E-state index in [1.165, 1.54) is 0 Å². The second-order valence-electron chi connectivity index (χ2n) is 4.57. The van der Waals surface area contributed by atoms with Gasteiger partial charge in [-0.3, -0.25) is 4.79 Å². The second-order valence-corrected chi connectivity index (χ2v) is 4.57. The number of hydrogen-bond acceptors (Lipinski definition) is 3. The molecular weight excluding hydrogens is 260 g/mol. The van der Waals surface area contributed by atoms with Crippen LogP contribution >= 0.6 is 0 Å². The zero-order valence-corrected chi connectivity index (χ0v) is 11.0. The van der Waals surface area contributed by atoms with Crippen molar-refractivity contribution in [2.24, 2.45) is 7.05 Å². The lowest BCUT2D eigenvalue weighted by atomic mass is 10.1. The minimum Gasteiger partial charge on any atom is -0.479 e. The minimum atomic E-state index is -1.46. The molecule has 2 aromatic rings. The number of carboxylic acids is 1. The molecule has 3 N–H and O–H groups in total. The monoisotopic (exact) mass is 276 g/mol. The summed E-state index contributed by atoms with van der Waals surface area (Å²) < 4.78 is 1.86. The van der Waals surface area contributed by atoms with Crippen molar-refractivity contribution in [2.45, 2.75) is 12.5 Å². The molecule has 1 amide bonds. The van der Waals surface area contributed by atoms with Crippen molar-refractivity contribution in [2.75, 3.05) is 6.54 Å². The van der Waals surface area contributed by atoms with Crippen molar-refractivity contribution in [3.63, 3.8) is 0 Å². The minimum absolute atomic E-state index is 0.0220. The number of rotatable bonds is 5. The van der Waals surface area contributed by atoms with E-state index < -0.39 is 12.1 Å². The Kier molecular flexibility index (Phi) is 4.05. The Balaban J connectivity index is 2.07. The SMILES string of the molecule is Cn1cc(C(=O)NCCC(O)C(=O)O)c2ccccc21. The predicted molar refractivity (Wildman–Crippen MR) is 73.5 cm³/mol. The van der Waals surface area contributed by atoms with Crippen molar-refractivity contribution < 1.29 is 19.8 Å². The van der Waals surface area contributed by atoms with Crippen LogP contribution in [0.15, 0.2) is 30.5 Å². The lowest BCUT2D eigenvalue weighted by molar-refractivity contribution is -0.146. The maximum absolute atomic E-state index is 12.1. The summed E-state index contributed by atoms with van der Waals surface area (Å²) in [5, 5.41) is 21.1. The number of aryl methyl sites for hydroxylation is 1. The molecule has 1 atom stereocenters. The van der Waals surface area contributed by atoms with Crippen molar-refractivity contribution >= 4 is 22.8 Å². The van der Waals surface area contributed by atoms with Crippen LogP contribution in [-0.2, 0) is 11.8 Å². The topological polar surface area (TPSA) is 91.6 Å². The summed E-state index contributed by atoms with van der Waals surface area (Å²) in [5.41, 5.74) is 1.48. The number of carbonyl (C=O) groups excluding carboxylic acids is 1. The number of nitrogens with one attached hydrogen (secondary N) is 1. The summed E-state index contributed by atoms with van der Waals surface area (Å²) in [6.45, 7) is 0.107. The van der Waals surface area contributed by atoms with E-state index in [2.05, 4.69) is 5.32 Å². The Labute approximate surface area is 115 Å². The number of carboxylic acid groups (broad SMARTS) is 1. The first-order valence-corrected chi connectivity index (χ1v) is 6.24. The van der Waals surface area contributed by atoms with Gasteiger partial charge < -0.3 is 20.1 Å². The first kappa shape index (κ1) is 14.1. The molecule has 0 saturated heterocycles. The zero-order chi connectivity index (χ0) is 14.7. The van der Waals surface area contributed by atoms with E-state index in [1.807, 2.05) is 35.9 Å². The molecule has 0 aliphatic heterocycles.